The summed E-state index contributed by atoms with van der Waals surface area (Å²) < 4.78 is 16.1. The molecule has 0 heterocycles. The normalized spacial score (nSPS) is 28.1. The van der Waals surface area contributed by atoms with Crippen molar-refractivity contribution in [2.45, 2.75) is 50.9 Å². The summed E-state index contributed by atoms with van der Waals surface area (Å²) >= 11 is 0. The number of rotatable bonds is 10. The van der Waals surface area contributed by atoms with Crippen LogP contribution >= 0.6 is 0 Å². The van der Waals surface area contributed by atoms with Crippen LogP contribution < -0.4 is 5.32 Å². The first-order chi connectivity index (χ1) is 8.33. The van der Waals surface area contributed by atoms with E-state index in [9.17, 15) is 0 Å². The second-order valence-electron chi connectivity index (χ2n) is 4.54. The van der Waals surface area contributed by atoms with E-state index < -0.39 is 0 Å². The average molecular weight is 245 g/mol. The van der Waals surface area contributed by atoms with Crippen molar-refractivity contribution in [3.8, 4) is 0 Å². The molecule has 4 heteroatoms. The van der Waals surface area contributed by atoms with Gasteiger partial charge in [0, 0.05) is 33.5 Å². The molecule has 4 nitrogen and oxygen atoms in total. The highest BCUT2D eigenvalue weighted by Gasteiger charge is 2.41. The molecule has 0 spiro atoms. The van der Waals surface area contributed by atoms with Gasteiger partial charge in [0.2, 0.25) is 0 Å². The Balaban J connectivity index is 2.00. The van der Waals surface area contributed by atoms with Gasteiger partial charge >= 0.3 is 0 Å². The lowest BCUT2D eigenvalue weighted by Gasteiger charge is -2.43. The molecule has 1 N–H and O–H groups in total. The zero-order valence-corrected chi connectivity index (χ0v) is 11.4. The molecule has 0 aromatic heterocycles. The SMILES string of the molecule is CCOC1CC(NCCCCCOC)C1OC. The predicted molar refractivity (Wildman–Crippen MR) is 68.3 cm³/mol. The summed E-state index contributed by atoms with van der Waals surface area (Å²) in [4.78, 5) is 0. The monoisotopic (exact) mass is 245 g/mol. The molecule has 1 aliphatic rings. The lowest BCUT2D eigenvalue weighted by molar-refractivity contribution is -0.131. The Morgan fingerprint density at radius 2 is 2.00 bits per heavy atom. The van der Waals surface area contributed by atoms with Gasteiger partial charge < -0.3 is 19.5 Å². The molecule has 0 saturated heterocycles. The van der Waals surface area contributed by atoms with Crippen LogP contribution in [0.5, 0.6) is 0 Å². The Hall–Kier alpha value is -0.160. The van der Waals surface area contributed by atoms with Gasteiger partial charge in [-0.2, -0.15) is 0 Å². The third-order valence-corrected chi connectivity index (χ3v) is 3.33. The molecule has 1 fully saturated rings. The molecule has 1 saturated carbocycles. The molecule has 0 aromatic carbocycles. The van der Waals surface area contributed by atoms with Crippen LogP contribution in [0.2, 0.25) is 0 Å². The van der Waals surface area contributed by atoms with E-state index in [0.717, 1.165) is 32.6 Å². The van der Waals surface area contributed by atoms with Crippen LogP contribution in [0.4, 0.5) is 0 Å². The topological polar surface area (TPSA) is 39.7 Å². The Bertz CT molecular complexity index is 190. The first-order valence-corrected chi connectivity index (χ1v) is 6.70. The van der Waals surface area contributed by atoms with E-state index in [-0.39, 0.29) is 12.2 Å². The number of nitrogens with one attached hydrogen (secondary N) is 1. The van der Waals surface area contributed by atoms with Gasteiger partial charge in [-0.1, -0.05) is 0 Å². The molecule has 17 heavy (non-hydrogen) atoms. The predicted octanol–water partition coefficient (Wildman–Crippen LogP) is 1.59. The largest absolute Gasteiger partial charge is 0.385 e. The average Bonchev–Trinajstić information content (AvgIpc) is 2.31. The summed E-state index contributed by atoms with van der Waals surface area (Å²) in [5.41, 5.74) is 0. The molecule has 0 amide bonds. The van der Waals surface area contributed by atoms with E-state index in [1.807, 2.05) is 6.92 Å². The lowest BCUT2D eigenvalue weighted by atomic mass is 9.85. The summed E-state index contributed by atoms with van der Waals surface area (Å²) in [5, 5.41) is 3.54. The van der Waals surface area contributed by atoms with Gasteiger partial charge in [0.25, 0.3) is 0 Å². The fourth-order valence-electron chi connectivity index (χ4n) is 2.31. The molecule has 0 bridgehead atoms. The van der Waals surface area contributed by atoms with Crippen molar-refractivity contribution >= 4 is 0 Å². The fraction of sp³-hybridized carbons (Fsp3) is 1.00. The van der Waals surface area contributed by atoms with Crippen molar-refractivity contribution in [3.05, 3.63) is 0 Å². The molecule has 0 aromatic rings. The summed E-state index contributed by atoms with van der Waals surface area (Å²) in [6, 6.07) is 0.471. The molecule has 1 aliphatic carbocycles. The minimum Gasteiger partial charge on any atom is -0.385 e. The summed E-state index contributed by atoms with van der Waals surface area (Å²) in [5.74, 6) is 0. The highest BCUT2D eigenvalue weighted by molar-refractivity contribution is 4.96. The van der Waals surface area contributed by atoms with Gasteiger partial charge in [-0.15, -0.1) is 0 Å². The van der Waals surface area contributed by atoms with Crippen molar-refractivity contribution in [3.63, 3.8) is 0 Å². The van der Waals surface area contributed by atoms with Crippen LogP contribution in [-0.4, -0.2) is 52.2 Å². The van der Waals surface area contributed by atoms with Crippen LogP contribution in [0.3, 0.4) is 0 Å². The highest BCUT2D eigenvalue weighted by Crippen LogP contribution is 2.26. The third kappa shape index (κ3) is 4.92. The number of hydrogen-bond acceptors (Lipinski definition) is 4. The minimum absolute atomic E-state index is 0.230. The molecule has 1 rings (SSSR count). The highest BCUT2D eigenvalue weighted by atomic mass is 16.5. The van der Waals surface area contributed by atoms with Crippen molar-refractivity contribution in [1.29, 1.82) is 0 Å². The zero-order valence-electron chi connectivity index (χ0n) is 11.4. The van der Waals surface area contributed by atoms with Gasteiger partial charge in [0.05, 0.1) is 12.2 Å². The Labute approximate surface area is 105 Å². The molecular weight excluding hydrogens is 218 g/mol. The van der Waals surface area contributed by atoms with E-state index in [1.165, 1.54) is 12.8 Å². The minimum atomic E-state index is 0.230. The Morgan fingerprint density at radius 1 is 1.18 bits per heavy atom. The number of hydrogen-bond donors (Lipinski definition) is 1. The van der Waals surface area contributed by atoms with Crippen LogP contribution in [0.15, 0.2) is 0 Å². The fourth-order valence-corrected chi connectivity index (χ4v) is 2.31. The van der Waals surface area contributed by atoms with E-state index in [4.69, 9.17) is 14.2 Å². The van der Waals surface area contributed by atoms with E-state index in [2.05, 4.69) is 5.32 Å². The molecule has 3 unspecified atom stereocenters. The molecular formula is C13H27NO3. The van der Waals surface area contributed by atoms with Crippen molar-refractivity contribution in [1.82, 2.24) is 5.32 Å². The number of methoxy groups -OCH3 is 2. The Morgan fingerprint density at radius 3 is 2.65 bits per heavy atom. The second kappa shape index (κ2) is 8.86. The van der Waals surface area contributed by atoms with Crippen LogP contribution in [0.1, 0.15) is 32.6 Å². The lowest BCUT2D eigenvalue weighted by Crippen LogP contribution is -2.59. The van der Waals surface area contributed by atoms with E-state index >= 15 is 0 Å². The standard InChI is InChI=1S/C13H27NO3/c1-4-17-12-10-11(13(12)16-3)14-8-6-5-7-9-15-2/h11-14H,4-10H2,1-3H3. The Kier molecular flexibility index (Phi) is 7.77. The van der Waals surface area contributed by atoms with Crippen molar-refractivity contribution < 1.29 is 14.2 Å². The smallest absolute Gasteiger partial charge is 0.0986 e. The third-order valence-electron chi connectivity index (χ3n) is 3.33. The zero-order chi connectivity index (χ0) is 12.5. The number of ether oxygens (including phenoxy) is 3. The van der Waals surface area contributed by atoms with Crippen LogP contribution in [-0.2, 0) is 14.2 Å². The van der Waals surface area contributed by atoms with Gasteiger partial charge in [-0.3, -0.25) is 0 Å². The molecule has 3 atom stereocenters. The molecule has 0 radical (unpaired) electrons. The van der Waals surface area contributed by atoms with Gasteiger partial charge in [0.15, 0.2) is 0 Å². The van der Waals surface area contributed by atoms with Crippen molar-refractivity contribution in [2.75, 3.05) is 34.0 Å². The summed E-state index contributed by atoms with van der Waals surface area (Å²) in [6.07, 6.45) is 5.17. The summed E-state index contributed by atoms with van der Waals surface area (Å²) in [7, 11) is 3.52. The van der Waals surface area contributed by atoms with Crippen LogP contribution in [0.25, 0.3) is 0 Å². The van der Waals surface area contributed by atoms with E-state index in [0.29, 0.717) is 6.04 Å². The van der Waals surface area contributed by atoms with Gasteiger partial charge in [-0.05, 0) is 39.2 Å². The van der Waals surface area contributed by atoms with Gasteiger partial charge in [-0.25, -0.2) is 0 Å². The summed E-state index contributed by atoms with van der Waals surface area (Å²) in [6.45, 7) is 4.74. The molecule has 0 aliphatic heterocycles. The first-order valence-electron chi connectivity index (χ1n) is 6.70. The maximum atomic E-state index is 5.59. The maximum absolute atomic E-state index is 5.59. The molecule has 102 valence electrons. The quantitative estimate of drug-likeness (QED) is 0.593. The van der Waals surface area contributed by atoms with E-state index in [1.54, 1.807) is 14.2 Å². The second-order valence-corrected chi connectivity index (χ2v) is 4.54. The van der Waals surface area contributed by atoms with Crippen LogP contribution in [0, 0.1) is 0 Å². The first kappa shape index (κ1) is 14.9. The van der Waals surface area contributed by atoms with Gasteiger partial charge in [0.1, 0.15) is 0 Å². The van der Waals surface area contributed by atoms with Crippen molar-refractivity contribution in [2.24, 2.45) is 0 Å². The number of unbranched alkanes of at least 4 members (excludes halogenated alkanes) is 2. The maximum Gasteiger partial charge on any atom is 0.0986 e.